The Balaban J connectivity index is 0.00000155. The van der Waals surface area contributed by atoms with Gasteiger partial charge in [0.2, 0.25) is 5.91 Å². The van der Waals surface area contributed by atoms with E-state index in [-0.39, 0.29) is 17.7 Å². The van der Waals surface area contributed by atoms with Gasteiger partial charge in [-0.2, -0.15) is 0 Å². The number of aromatic nitrogens is 2. The Bertz CT molecular complexity index is 866. The zero-order valence-electron chi connectivity index (χ0n) is 18.0. The smallest absolute Gasteiger partial charge is 0.274 e. The van der Waals surface area contributed by atoms with Crippen LogP contribution in [0.15, 0.2) is 49.7 Å². The van der Waals surface area contributed by atoms with Crippen molar-refractivity contribution in [2.45, 2.75) is 33.1 Å². The first-order chi connectivity index (χ1) is 14.6. The van der Waals surface area contributed by atoms with Crippen molar-refractivity contribution in [3.05, 3.63) is 55.4 Å². The van der Waals surface area contributed by atoms with Crippen molar-refractivity contribution in [2.75, 3.05) is 31.6 Å². The number of nitrogens with one attached hydrogen (secondary N) is 1. The molecule has 0 aliphatic carbocycles. The zero-order valence-corrected chi connectivity index (χ0v) is 18.0. The summed E-state index contributed by atoms with van der Waals surface area (Å²) >= 11 is 0. The maximum Gasteiger partial charge on any atom is 0.274 e. The van der Waals surface area contributed by atoms with Crippen LogP contribution in [0.4, 0.5) is 5.82 Å². The van der Waals surface area contributed by atoms with Gasteiger partial charge in [0.25, 0.3) is 5.91 Å². The zero-order chi connectivity index (χ0) is 21.9. The van der Waals surface area contributed by atoms with Crippen LogP contribution < -0.4 is 5.32 Å². The van der Waals surface area contributed by atoms with Gasteiger partial charge in [-0.25, -0.2) is 4.98 Å². The number of carbonyl (C=O) groups excluding carboxylic acids is 2. The van der Waals surface area contributed by atoms with Crippen LogP contribution in [-0.4, -0.2) is 52.4 Å². The molecule has 162 valence electrons. The molecule has 3 rings (SSSR count). The second-order valence-corrected chi connectivity index (χ2v) is 7.19. The molecule has 3 heterocycles. The number of imidazole rings is 1. The number of allylic oxidation sites excluding steroid dienone is 2. The molecular weight excluding hydrogens is 380 g/mol. The monoisotopic (exact) mass is 412 g/mol. The SMILES string of the molecule is C/C=C\CC(C)CC(=O)Nc1cccc2nc(C(=O)N3CCCOCC3)cn12.C=C. The number of hydrogen-bond acceptors (Lipinski definition) is 4. The summed E-state index contributed by atoms with van der Waals surface area (Å²) in [6, 6.07) is 5.47. The first-order valence-electron chi connectivity index (χ1n) is 10.3. The van der Waals surface area contributed by atoms with Crippen molar-refractivity contribution < 1.29 is 14.3 Å². The molecule has 2 aromatic heterocycles. The Kier molecular flexibility index (Phi) is 9.28. The molecule has 1 aliphatic rings. The lowest BCUT2D eigenvalue weighted by atomic mass is 10.0. The van der Waals surface area contributed by atoms with E-state index in [1.54, 1.807) is 15.5 Å². The second kappa shape index (κ2) is 11.9. The molecular formula is C23H32N4O3. The predicted octanol–water partition coefficient (Wildman–Crippen LogP) is 3.93. The molecule has 1 atom stereocenters. The number of nitrogens with zero attached hydrogens (tertiary/aromatic N) is 3. The van der Waals surface area contributed by atoms with Crippen molar-refractivity contribution in [1.29, 1.82) is 0 Å². The molecule has 1 unspecified atom stereocenters. The lowest BCUT2D eigenvalue weighted by Crippen LogP contribution is -2.33. The number of carbonyl (C=O) groups is 2. The normalized spacial score (nSPS) is 15.3. The van der Waals surface area contributed by atoms with Crippen LogP contribution in [0.3, 0.4) is 0 Å². The molecule has 30 heavy (non-hydrogen) atoms. The summed E-state index contributed by atoms with van der Waals surface area (Å²) in [6.07, 6.45) is 7.90. The van der Waals surface area contributed by atoms with Gasteiger partial charge in [-0.3, -0.25) is 14.0 Å². The molecule has 1 N–H and O–H groups in total. The van der Waals surface area contributed by atoms with Gasteiger partial charge in [0.1, 0.15) is 17.2 Å². The van der Waals surface area contributed by atoms with Crippen molar-refractivity contribution in [3.8, 4) is 0 Å². The highest BCUT2D eigenvalue weighted by molar-refractivity contribution is 5.94. The molecule has 0 aromatic carbocycles. The molecule has 0 saturated carbocycles. The molecule has 0 bridgehead atoms. The van der Waals surface area contributed by atoms with Crippen LogP contribution in [0.25, 0.3) is 5.65 Å². The first kappa shape index (κ1) is 23.3. The fourth-order valence-electron chi connectivity index (χ4n) is 3.29. The van der Waals surface area contributed by atoms with Crippen LogP contribution in [0.5, 0.6) is 0 Å². The Morgan fingerprint density at radius 1 is 1.30 bits per heavy atom. The number of pyridine rings is 1. The molecule has 7 heteroatoms. The van der Waals surface area contributed by atoms with Crippen LogP contribution in [0.2, 0.25) is 0 Å². The molecule has 7 nitrogen and oxygen atoms in total. The maximum absolute atomic E-state index is 12.8. The van der Waals surface area contributed by atoms with Crippen molar-refractivity contribution in [3.63, 3.8) is 0 Å². The third-order valence-electron chi connectivity index (χ3n) is 4.80. The summed E-state index contributed by atoms with van der Waals surface area (Å²) in [5.74, 6) is 0.731. The fourth-order valence-corrected chi connectivity index (χ4v) is 3.29. The Labute approximate surface area is 178 Å². The molecule has 1 saturated heterocycles. The summed E-state index contributed by atoms with van der Waals surface area (Å²) in [6.45, 7) is 12.5. The molecule has 0 radical (unpaired) electrons. The molecule has 1 aliphatic heterocycles. The predicted molar refractivity (Wildman–Crippen MR) is 120 cm³/mol. The third-order valence-corrected chi connectivity index (χ3v) is 4.80. The van der Waals surface area contributed by atoms with Gasteiger partial charge < -0.3 is 15.0 Å². The highest BCUT2D eigenvalue weighted by Gasteiger charge is 2.21. The topological polar surface area (TPSA) is 75.9 Å². The van der Waals surface area contributed by atoms with E-state index in [4.69, 9.17) is 4.74 Å². The Morgan fingerprint density at radius 3 is 2.87 bits per heavy atom. The van der Waals surface area contributed by atoms with Crippen molar-refractivity contribution in [1.82, 2.24) is 14.3 Å². The largest absolute Gasteiger partial charge is 0.380 e. The summed E-state index contributed by atoms with van der Waals surface area (Å²) in [5, 5.41) is 2.95. The van der Waals surface area contributed by atoms with Crippen molar-refractivity contribution in [2.24, 2.45) is 5.92 Å². The number of hydrogen-bond donors (Lipinski definition) is 1. The van der Waals surface area contributed by atoms with Crippen LogP contribution in [0.1, 0.15) is 43.6 Å². The minimum absolute atomic E-state index is 0.0456. The van der Waals surface area contributed by atoms with Crippen LogP contribution in [0, 0.1) is 5.92 Å². The number of rotatable bonds is 6. The van der Waals surface area contributed by atoms with E-state index < -0.39 is 0 Å². The maximum atomic E-state index is 12.8. The van der Waals surface area contributed by atoms with Gasteiger partial charge in [-0.1, -0.05) is 25.1 Å². The van der Waals surface area contributed by atoms with E-state index in [2.05, 4.69) is 36.5 Å². The van der Waals surface area contributed by atoms with Crippen LogP contribution in [-0.2, 0) is 9.53 Å². The molecule has 2 amide bonds. The van der Waals surface area contributed by atoms with E-state index in [9.17, 15) is 9.59 Å². The van der Waals surface area contributed by atoms with E-state index in [1.807, 2.05) is 31.2 Å². The summed E-state index contributed by atoms with van der Waals surface area (Å²) < 4.78 is 7.18. The molecule has 2 aromatic rings. The number of fused-ring (bicyclic) bond motifs is 1. The Hall–Kier alpha value is -2.93. The van der Waals surface area contributed by atoms with Crippen molar-refractivity contribution >= 4 is 23.3 Å². The quantitative estimate of drug-likeness (QED) is 0.730. The number of ether oxygens (including phenoxy) is 1. The second-order valence-electron chi connectivity index (χ2n) is 7.19. The van der Waals surface area contributed by atoms with E-state index in [0.717, 1.165) is 12.8 Å². The highest BCUT2D eigenvalue weighted by Crippen LogP contribution is 2.17. The van der Waals surface area contributed by atoms with Gasteiger partial charge in [0.05, 0.1) is 6.61 Å². The lowest BCUT2D eigenvalue weighted by molar-refractivity contribution is -0.117. The summed E-state index contributed by atoms with van der Waals surface area (Å²) in [4.78, 5) is 31.4. The highest BCUT2D eigenvalue weighted by atomic mass is 16.5. The summed E-state index contributed by atoms with van der Waals surface area (Å²) in [7, 11) is 0. The van der Waals surface area contributed by atoms with E-state index >= 15 is 0 Å². The lowest BCUT2D eigenvalue weighted by Gasteiger charge is -2.17. The summed E-state index contributed by atoms with van der Waals surface area (Å²) in [5.41, 5.74) is 1.01. The minimum atomic E-state index is -0.105. The average molecular weight is 413 g/mol. The van der Waals surface area contributed by atoms with Crippen LogP contribution >= 0.6 is 0 Å². The van der Waals surface area contributed by atoms with Gasteiger partial charge >= 0.3 is 0 Å². The van der Waals surface area contributed by atoms with Gasteiger partial charge in [-0.05, 0) is 37.8 Å². The standard InChI is InChI=1S/C21H28N4O3.C2H4/c1-3-4-7-16(2)14-20(26)23-19-9-5-8-18-22-17(15-25(18)19)21(27)24-10-6-12-28-13-11-24;1-2/h3-5,8-9,15-16H,6-7,10-14H2,1-2H3,(H,23,26);1-2H2/b4-3-;. The third kappa shape index (κ3) is 6.29. The fraction of sp³-hybridized carbons (Fsp3) is 0.435. The van der Waals surface area contributed by atoms with Gasteiger partial charge in [0, 0.05) is 32.3 Å². The van der Waals surface area contributed by atoms with E-state index in [1.165, 1.54) is 0 Å². The molecule has 1 fully saturated rings. The van der Waals surface area contributed by atoms with Gasteiger partial charge in [0.15, 0.2) is 0 Å². The van der Waals surface area contributed by atoms with Gasteiger partial charge in [-0.15, -0.1) is 13.2 Å². The Morgan fingerprint density at radius 2 is 2.10 bits per heavy atom. The number of amides is 2. The average Bonchev–Trinajstić information content (AvgIpc) is 3.01. The minimum Gasteiger partial charge on any atom is -0.380 e. The number of anilines is 1. The first-order valence-corrected chi connectivity index (χ1v) is 10.3. The van der Waals surface area contributed by atoms with E-state index in [0.29, 0.717) is 49.9 Å². The molecule has 0 spiro atoms.